The third kappa shape index (κ3) is 5.27. The molecule has 0 spiro atoms. The quantitative estimate of drug-likeness (QED) is 0.631. The highest BCUT2D eigenvalue weighted by Crippen LogP contribution is 2.24. The Hall–Kier alpha value is -3.69. The first-order chi connectivity index (χ1) is 15.2. The summed E-state index contributed by atoms with van der Waals surface area (Å²) in [5.74, 6) is 0.914. The lowest BCUT2D eigenvalue weighted by molar-refractivity contribution is 0.0757. The average molecular weight is 412 g/mol. The molecule has 0 radical (unpaired) electrons. The van der Waals surface area contributed by atoms with Gasteiger partial charge in [0.1, 0.15) is 11.3 Å². The lowest BCUT2D eigenvalue weighted by atomic mass is 10.1. The number of ether oxygens (including phenoxy) is 1. The summed E-state index contributed by atoms with van der Waals surface area (Å²) in [4.78, 5) is 21.8. The van der Waals surface area contributed by atoms with Crippen molar-refractivity contribution in [3.63, 3.8) is 0 Å². The van der Waals surface area contributed by atoms with Crippen LogP contribution in [0, 0.1) is 11.3 Å². The third-order valence-electron chi connectivity index (χ3n) is 5.30. The van der Waals surface area contributed by atoms with Crippen molar-refractivity contribution in [2.75, 3.05) is 26.2 Å². The summed E-state index contributed by atoms with van der Waals surface area (Å²) in [5, 5.41) is 9.11. The second-order valence-corrected chi connectivity index (χ2v) is 7.51. The van der Waals surface area contributed by atoms with E-state index in [0.29, 0.717) is 35.8 Å². The summed E-state index contributed by atoms with van der Waals surface area (Å²) < 4.78 is 5.88. The maximum Gasteiger partial charge on any atom is 0.259 e. The van der Waals surface area contributed by atoms with E-state index in [-0.39, 0.29) is 5.91 Å². The van der Waals surface area contributed by atoms with Crippen LogP contribution in [0.1, 0.15) is 27.9 Å². The molecule has 3 aromatic rings. The van der Waals surface area contributed by atoms with Crippen LogP contribution in [0.2, 0.25) is 0 Å². The van der Waals surface area contributed by atoms with Gasteiger partial charge in [-0.1, -0.05) is 30.3 Å². The average Bonchev–Trinajstić information content (AvgIpc) is 3.05. The van der Waals surface area contributed by atoms with E-state index >= 15 is 0 Å². The minimum Gasteiger partial charge on any atom is -0.438 e. The number of rotatable bonds is 5. The van der Waals surface area contributed by atoms with Gasteiger partial charge in [0.2, 0.25) is 5.88 Å². The van der Waals surface area contributed by atoms with E-state index in [1.54, 1.807) is 18.3 Å². The van der Waals surface area contributed by atoms with Gasteiger partial charge in [-0.15, -0.1) is 0 Å². The second kappa shape index (κ2) is 9.88. The van der Waals surface area contributed by atoms with Gasteiger partial charge < -0.3 is 9.64 Å². The molecule has 156 valence electrons. The minimum absolute atomic E-state index is 0.0626. The van der Waals surface area contributed by atoms with Gasteiger partial charge in [-0.05, 0) is 48.4 Å². The summed E-state index contributed by atoms with van der Waals surface area (Å²) in [6, 6.07) is 22.8. The van der Waals surface area contributed by atoms with Crippen LogP contribution >= 0.6 is 0 Å². The van der Waals surface area contributed by atoms with E-state index in [1.807, 2.05) is 59.5 Å². The first kappa shape index (κ1) is 20.6. The standard InChI is InChI=1S/C25H24N4O2/c26-18-20-7-4-8-21(17-20)19-28-13-6-14-29(16-15-28)25(30)23-11-5-12-27-24(23)31-22-9-2-1-3-10-22/h1-5,7-12,17H,6,13-16,19H2. The molecule has 1 amide bonds. The molecule has 0 bridgehead atoms. The van der Waals surface area contributed by atoms with E-state index in [0.717, 1.165) is 31.6 Å². The molecule has 0 N–H and O–H groups in total. The minimum atomic E-state index is -0.0626. The Bertz CT molecular complexity index is 1080. The van der Waals surface area contributed by atoms with Gasteiger partial charge in [-0.25, -0.2) is 4.98 Å². The van der Waals surface area contributed by atoms with Gasteiger partial charge in [0.15, 0.2) is 0 Å². The monoisotopic (exact) mass is 412 g/mol. The molecule has 6 heteroatoms. The highest BCUT2D eigenvalue weighted by molar-refractivity contribution is 5.96. The molecule has 0 atom stereocenters. The zero-order chi connectivity index (χ0) is 21.5. The van der Waals surface area contributed by atoms with Crippen molar-refractivity contribution >= 4 is 5.91 Å². The van der Waals surface area contributed by atoms with Crippen molar-refractivity contribution in [2.45, 2.75) is 13.0 Å². The number of benzene rings is 2. The van der Waals surface area contributed by atoms with Gasteiger partial charge in [0.05, 0.1) is 11.6 Å². The van der Waals surface area contributed by atoms with Crippen molar-refractivity contribution in [1.29, 1.82) is 5.26 Å². The summed E-state index contributed by atoms with van der Waals surface area (Å²) in [7, 11) is 0. The zero-order valence-corrected chi connectivity index (χ0v) is 17.3. The van der Waals surface area contributed by atoms with Gasteiger partial charge >= 0.3 is 0 Å². The third-order valence-corrected chi connectivity index (χ3v) is 5.30. The van der Waals surface area contributed by atoms with Crippen molar-refractivity contribution in [3.8, 4) is 17.7 Å². The Morgan fingerprint density at radius 3 is 2.71 bits per heavy atom. The van der Waals surface area contributed by atoms with Crippen molar-refractivity contribution in [1.82, 2.24) is 14.8 Å². The predicted octanol–water partition coefficient (Wildman–Crippen LogP) is 4.09. The molecule has 1 aliphatic heterocycles. The molecule has 1 aromatic heterocycles. The summed E-state index contributed by atoms with van der Waals surface area (Å²) in [6.45, 7) is 3.77. The molecule has 4 rings (SSSR count). The molecule has 0 aliphatic carbocycles. The van der Waals surface area contributed by atoms with Crippen LogP contribution < -0.4 is 4.74 Å². The molecule has 0 saturated carbocycles. The normalized spacial score (nSPS) is 14.5. The highest BCUT2D eigenvalue weighted by atomic mass is 16.5. The number of carbonyl (C=O) groups excluding carboxylic acids is 1. The number of hydrogen-bond donors (Lipinski definition) is 0. The van der Waals surface area contributed by atoms with Crippen molar-refractivity contribution < 1.29 is 9.53 Å². The number of hydrogen-bond acceptors (Lipinski definition) is 5. The highest BCUT2D eigenvalue weighted by Gasteiger charge is 2.23. The van der Waals surface area contributed by atoms with Crippen LogP contribution in [0.5, 0.6) is 11.6 Å². The summed E-state index contributed by atoms with van der Waals surface area (Å²) >= 11 is 0. The molecule has 1 saturated heterocycles. The number of para-hydroxylation sites is 1. The zero-order valence-electron chi connectivity index (χ0n) is 17.3. The fourth-order valence-corrected chi connectivity index (χ4v) is 3.73. The van der Waals surface area contributed by atoms with E-state index < -0.39 is 0 Å². The largest absolute Gasteiger partial charge is 0.438 e. The molecule has 2 aromatic carbocycles. The number of nitriles is 1. The molecule has 1 aliphatic rings. The number of aromatic nitrogens is 1. The molecule has 2 heterocycles. The lowest BCUT2D eigenvalue weighted by Gasteiger charge is -2.22. The molecule has 1 fully saturated rings. The lowest BCUT2D eigenvalue weighted by Crippen LogP contribution is -2.35. The fourth-order valence-electron chi connectivity index (χ4n) is 3.73. The van der Waals surface area contributed by atoms with Crippen LogP contribution in [0.15, 0.2) is 72.9 Å². The van der Waals surface area contributed by atoms with Gasteiger partial charge in [-0.2, -0.15) is 5.26 Å². The van der Waals surface area contributed by atoms with Gasteiger partial charge in [0.25, 0.3) is 5.91 Å². The first-order valence-corrected chi connectivity index (χ1v) is 10.4. The van der Waals surface area contributed by atoms with E-state index in [4.69, 9.17) is 10.00 Å². The predicted molar refractivity (Wildman–Crippen MR) is 118 cm³/mol. The van der Waals surface area contributed by atoms with Crippen LogP contribution in [0.25, 0.3) is 0 Å². The van der Waals surface area contributed by atoms with E-state index in [9.17, 15) is 4.79 Å². The molecule has 0 unspecified atom stereocenters. The summed E-state index contributed by atoms with van der Waals surface area (Å²) in [5.41, 5.74) is 2.26. The van der Waals surface area contributed by atoms with Crippen LogP contribution in [-0.2, 0) is 6.54 Å². The number of pyridine rings is 1. The number of carbonyl (C=O) groups is 1. The summed E-state index contributed by atoms with van der Waals surface area (Å²) in [6.07, 6.45) is 2.52. The van der Waals surface area contributed by atoms with Crippen molar-refractivity contribution in [2.24, 2.45) is 0 Å². The Balaban J connectivity index is 1.43. The first-order valence-electron chi connectivity index (χ1n) is 10.4. The SMILES string of the molecule is N#Cc1cccc(CN2CCCN(C(=O)c3cccnc3Oc3ccccc3)CC2)c1. The van der Waals surface area contributed by atoms with Crippen LogP contribution in [0.4, 0.5) is 0 Å². The molecule has 31 heavy (non-hydrogen) atoms. The molecular formula is C25H24N4O2. The fraction of sp³-hybridized carbons (Fsp3) is 0.240. The van der Waals surface area contributed by atoms with Crippen LogP contribution in [0.3, 0.4) is 0 Å². The Kier molecular flexibility index (Phi) is 6.56. The van der Waals surface area contributed by atoms with E-state index in [1.165, 1.54) is 0 Å². The van der Waals surface area contributed by atoms with Crippen molar-refractivity contribution in [3.05, 3.63) is 89.6 Å². The second-order valence-electron chi connectivity index (χ2n) is 7.51. The maximum absolute atomic E-state index is 13.3. The molecule has 6 nitrogen and oxygen atoms in total. The van der Waals surface area contributed by atoms with Gasteiger partial charge in [-0.3, -0.25) is 9.69 Å². The Morgan fingerprint density at radius 1 is 1.00 bits per heavy atom. The topological polar surface area (TPSA) is 69.5 Å². The maximum atomic E-state index is 13.3. The number of nitrogens with zero attached hydrogens (tertiary/aromatic N) is 4. The Morgan fingerprint density at radius 2 is 1.87 bits per heavy atom. The van der Waals surface area contributed by atoms with Crippen LogP contribution in [-0.4, -0.2) is 46.9 Å². The smallest absolute Gasteiger partial charge is 0.259 e. The van der Waals surface area contributed by atoms with Gasteiger partial charge in [0, 0.05) is 38.9 Å². The number of amides is 1. The molecular weight excluding hydrogens is 388 g/mol. The van der Waals surface area contributed by atoms with E-state index in [2.05, 4.69) is 16.0 Å². The Labute approximate surface area is 182 Å².